The maximum atomic E-state index is 13.3. The number of Topliss-reactive ketones (excluding diaryl/α,β-unsaturated/α-hetero) is 1. The second-order valence-corrected chi connectivity index (χ2v) is 8.84. The van der Waals surface area contributed by atoms with Crippen molar-refractivity contribution in [3.63, 3.8) is 0 Å². The summed E-state index contributed by atoms with van der Waals surface area (Å²) >= 11 is 0. The van der Waals surface area contributed by atoms with E-state index in [0.717, 1.165) is 6.54 Å². The average molecular weight is 487 g/mol. The Morgan fingerprint density at radius 3 is 2.36 bits per heavy atom. The maximum absolute atomic E-state index is 13.3. The normalized spacial score (nSPS) is 17.0. The molecule has 0 aliphatic carbocycles. The summed E-state index contributed by atoms with van der Waals surface area (Å²) in [7, 11) is 5.41. The first-order valence-electron chi connectivity index (χ1n) is 11.8. The van der Waals surface area contributed by atoms with E-state index in [9.17, 15) is 14.7 Å². The second kappa shape index (κ2) is 11.1. The van der Waals surface area contributed by atoms with Gasteiger partial charge in [-0.1, -0.05) is 42.5 Å². The van der Waals surface area contributed by atoms with Gasteiger partial charge >= 0.3 is 0 Å². The highest BCUT2D eigenvalue weighted by atomic mass is 16.5. The highest BCUT2D eigenvalue weighted by Crippen LogP contribution is 2.42. The molecule has 3 aromatic rings. The smallest absolute Gasteiger partial charge is 0.295 e. The third-order valence-corrected chi connectivity index (χ3v) is 6.06. The Bertz CT molecular complexity index is 1270. The summed E-state index contributed by atoms with van der Waals surface area (Å²) < 4.78 is 11.4. The summed E-state index contributed by atoms with van der Waals surface area (Å²) in [6, 6.07) is 22.8. The van der Waals surface area contributed by atoms with Gasteiger partial charge in [0.2, 0.25) is 0 Å². The first-order chi connectivity index (χ1) is 17.4. The molecule has 0 spiro atoms. The standard InChI is InChI=1S/C29H30N2O5/c1-30(2)17-10-18-31-26(20-11-9-14-22(19-20)36-21-12-5-4-6-13-21)25(28(33)29(31)34)27(32)23-15-7-8-16-24(23)35-3/h4-9,11-16,19,26,32H,10,17-18H2,1-3H3/b27-25-. The first-order valence-corrected chi connectivity index (χ1v) is 11.8. The molecule has 1 amide bonds. The van der Waals surface area contributed by atoms with Crippen molar-refractivity contribution in [1.29, 1.82) is 0 Å². The fourth-order valence-corrected chi connectivity index (χ4v) is 4.37. The SMILES string of the molecule is COc1ccccc1/C(O)=C1/C(=O)C(=O)N(CCCN(C)C)C1c1cccc(Oc2ccccc2)c1. The number of hydrogen-bond acceptors (Lipinski definition) is 6. The molecule has 1 atom stereocenters. The van der Waals surface area contributed by atoms with Crippen molar-refractivity contribution in [3.8, 4) is 17.2 Å². The van der Waals surface area contributed by atoms with Crippen molar-refractivity contribution in [3.05, 3.63) is 95.6 Å². The maximum Gasteiger partial charge on any atom is 0.295 e. The van der Waals surface area contributed by atoms with Crippen LogP contribution >= 0.6 is 0 Å². The summed E-state index contributed by atoms with van der Waals surface area (Å²) in [5.41, 5.74) is 1.06. The lowest BCUT2D eigenvalue weighted by molar-refractivity contribution is -0.139. The third kappa shape index (κ3) is 5.26. The minimum absolute atomic E-state index is 0.0335. The number of carbonyl (C=O) groups is 2. The van der Waals surface area contributed by atoms with Gasteiger partial charge < -0.3 is 24.4 Å². The average Bonchev–Trinajstić information content (AvgIpc) is 3.14. The van der Waals surface area contributed by atoms with Crippen LogP contribution in [0.2, 0.25) is 0 Å². The molecule has 7 nitrogen and oxygen atoms in total. The number of rotatable bonds is 9. The van der Waals surface area contributed by atoms with Crippen molar-refractivity contribution in [2.24, 2.45) is 0 Å². The Labute approximate surface area is 211 Å². The van der Waals surface area contributed by atoms with Gasteiger partial charge in [-0.3, -0.25) is 9.59 Å². The Morgan fingerprint density at radius 2 is 1.64 bits per heavy atom. The zero-order valence-electron chi connectivity index (χ0n) is 20.7. The largest absolute Gasteiger partial charge is 0.507 e. The van der Waals surface area contributed by atoms with E-state index in [1.807, 2.05) is 67.5 Å². The molecule has 1 heterocycles. The number of hydrogen-bond donors (Lipinski definition) is 1. The van der Waals surface area contributed by atoms with Gasteiger partial charge in [0.05, 0.1) is 24.3 Å². The second-order valence-electron chi connectivity index (χ2n) is 8.84. The van der Waals surface area contributed by atoms with E-state index < -0.39 is 17.7 Å². The lowest BCUT2D eigenvalue weighted by atomic mass is 9.94. The van der Waals surface area contributed by atoms with Crippen LogP contribution in [0.25, 0.3) is 5.76 Å². The minimum atomic E-state index is -0.767. The summed E-state index contributed by atoms with van der Waals surface area (Å²) in [5.74, 6) is 0.0276. The molecule has 3 aromatic carbocycles. The lowest BCUT2D eigenvalue weighted by Gasteiger charge is -2.26. The molecular formula is C29H30N2O5. The Balaban J connectivity index is 1.80. The quantitative estimate of drug-likeness (QED) is 0.264. The fourth-order valence-electron chi connectivity index (χ4n) is 4.37. The molecule has 186 valence electrons. The topological polar surface area (TPSA) is 79.3 Å². The molecule has 1 aliphatic rings. The minimum Gasteiger partial charge on any atom is -0.507 e. The van der Waals surface area contributed by atoms with Crippen molar-refractivity contribution < 1.29 is 24.2 Å². The molecule has 0 bridgehead atoms. The predicted octanol–water partition coefficient (Wildman–Crippen LogP) is 4.86. The summed E-state index contributed by atoms with van der Waals surface area (Å²) in [6.07, 6.45) is 0.672. The van der Waals surface area contributed by atoms with Gasteiger partial charge in [-0.15, -0.1) is 0 Å². The van der Waals surface area contributed by atoms with Crippen molar-refractivity contribution in [2.75, 3.05) is 34.3 Å². The van der Waals surface area contributed by atoms with E-state index in [2.05, 4.69) is 0 Å². The number of amides is 1. The molecule has 0 saturated carbocycles. The number of ether oxygens (including phenoxy) is 2. The van der Waals surface area contributed by atoms with E-state index in [1.165, 1.54) is 12.0 Å². The molecule has 1 aliphatic heterocycles. The Kier molecular flexibility index (Phi) is 7.71. The number of carbonyl (C=O) groups excluding carboxylic acids is 2. The number of aliphatic hydroxyl groups is 1. The zero-order chi connectivity index (χ0) is 25.7. The van der Waals surface area contributed by atoms with E-state index in [1.54, 1.807) is 30.3 Å². The fraction of sp³-hybridized carbons (Fsp3) is 0.241. The molecule has 7 heteroatoms. The number of aliphatic hydroxyl groups excluding tert-OH is 1. The van der Waals surface area contributed by atoms with Crippen LogP contribution in [0.1, 0.15) is 23.6 Å². The van der Waals surface area contributed by atoms with Crippen LogP contribution in [-0.2, 0) is 9.59 Å². The molecule has 0 aromatic heterocycles. The van der Waals surface area contributed by atoms with Crippen LogP contribution in [0, 0.1) is 0 Å². The van der Waals surface area contributed by atoms with Crippen LogP contribution < -0.4 is 9.47 Å². The Morgan fingerprint density at radius 1 is 0.944 bits per heavy atom. The molecule has 36 heavy (non-hydrogen) atoms. The highest BCUT2D eigenvalue weighted by Gasteiger charge is 2.46. The van der Waals surface area contributed by atoms with Crippen LogP contribution in [0.5, 0.6) is 17.2 Å². The highest BCUT2D eigenvalue weighted by molar-refractivity contribution is 6.46. The van der Waals surface area contributed by atoms with Crippen LogP contribution in [-0.4, -0.2) is 60.9 Å². The van der Waals surface area contributed by atoms with E-state index in [-0.39, 0.29) is 11.3 Å². The van der Waals surface area contributed by atoms with Gasteiger partial charge in [-0.05, 0) is 69.0 Å². The zero-order valence-corrected chi connectivity index (χ0v) is 20.7. The van der Waals surface area contributed by atoms with Crippen LogP contribution in [0.3, 0.4) is 0 Å². The van der Waals surface area contributed by atoms with Crippen molar-refractivity contribution >= 4 is 17.4 Å². The van der Waals surface area contributed by atoms with E-state index in [0.29, 0.717) is 41.3 Å². The predicted molar refractivity (Wildman–Crippen MR) is 138 cm³/mol. The monoisotopic (exact) mass is 486 g/mol. The summed E-state index contributed by atoms with van der Waals surface area (Å²) in [6.45, 7) is 1.11. The van der Waals surface area contributed by atoms with Gasteiger partial charge in [0.15, 0.2) is 0 Å². The van der Waals surface area contributed by atoms with Crippen LogP contribution in [0.15, 0.2) is 84.4 Å². The Hall–Kier alpha value is -4.10. The molecule has 0 radical (unpaired) electrons. The van der Waals surface area contributed by atoms with E-state index in [4.69, 9.17) is 9.47 Å². The van der Waals surface area contributed by atoms with E-state index >= 15 is 0 Å². The van der Waals surface area contributed by atoms with Crippen molar-refractivity contribution in [1.82, 2.24) is 9.80 Å². The number of para-hydroxylation sites is 2. The molecule has 1 unspecified atom stereocenters. The van der Waals surface area contributed by atoms with Gasteiger partial charge in [0.25, 0.3) is 11.7 Å². The number of likely N-dealkylation sites (tertiary alicyclic amines) is 1. The summed E-state index contributed by atoms with van der Waals surface area (Å²) in [5, 5.41) is 11.3. The summed E-state index contributed by atoms with van der Waals surface area (Å²) in [4.78, 5) is 30.1. The number of benzene rings is 3. The van der Waals surface area contributed by atoms with Gasteiger partial charge in [-0.25, -0.2) is 0 Å². The van der Waals surface area contributed by atoms with Crippen LogP contribution in [0.4, 0.5) is 0 Å². The van der Waals surface area contributed by atoms with Gasteiger partial charge in [-0.2, -0.15) is 0 Å². The van der Waals surface area contributed by atoms with Crippen molar-refractivity contribution in [2.45, 2.75) is 12.5 Å². The van der Waals surface area contributed by atoms with Gasteiger partial charge in [0.1, 0.15) is 23.0 Å². The lowest BCUT2D eigenvalue weighted by Crippen LogP contribution is -2.32. The third-order valence-electron chi connectivity index (χ3n) is 6.06. The molecule has 1 fully saturated rings. The molecule has 1 saturated heterocycles. The number of ketones is 1. The first kappa shape index (κ1) is 25.0. The molecular weight excluding hydrogens is 456 g/mol. The number of methoxy groups -OCH3 is 1. The number of nitrogens with zero attached hydrogens (tertiary/aromatic N) is 2. The van der Waals surface area contributed by atoms with Gasteiger partial charge in [0, 0.05) is 6.54 Å². The molecule has 1 N–H and O–H groups in total. The molecule has 4 rings (SSSR count).